The highest BCUT2D eigenvalue weighted by atomic mass is 19.2. The zero-order chi connectivity index (χ0) is 14.7. The van der Waals surface area contributed by atoms with Crippen molar-refractivity contribution >= 4 is 17.3 Å². The molecule has 0 spiro atoms. The molecule has 108 valence electrons. The second kappa shape index (κ2) is 5.91. The number of halogens is 2. The van der Waals surface area contributed by atoms with Gasteiger partial charge in [-0.15, -0.1) is 0 Å². The predicted molar refractivity (Wildman–Crippen MR) is 67.3 cm³/mol. The first-order valence-corrected chi connectivity index (χ1v) is 6.14. The van der Waals surface area contributed by atoms with Gasteiger partial charge in [0.05, 0.1) is 4.92 Å². The smallest absolute Gasteiger partial charge is 0.296 e. The summed E-state index contributed by atoms with van der Waals surface area (Å²) in [7, 11) is 0. The lowest BCUT2D eigenvalue weighted by Gasteiger charge is -2.11. The highest BCUT2D eigenvalue weighted by Crippen LogP contribution is 2.29. The summed E-state index contributed by atoms with van der Waals surface area (Å²) in [5.41, 5.74) is -1.39. The fourth-order valence-electron chi connectivity index (χ4n) is 2.16. The maximum atomic E-state index is 13.6. The molecule has 1 unspecified atom stereocenters. The van der Waals surface area contributed by atoms with Gasteiger partial charge in [-0.3, -0.25) is 14.9 Å². The highest BCUT2D eigenvalue weighted by Gasteiger charge is 2.25. The van der Waals surface area contributed by atoms with Gasteiger partial charge >= 0.3 is 0 Å². The molecule has 1 aromatic rings. The Morgan fingerprint density at radius 1 is 1.50 bits per heavy atom. The average Bonchev–Trinajstić information content (AvgIpc) is 2.87. The monoisotopic (exact) mass is 285 g/mol. The van der Waals surface area contributed by atoms with Crippen LogP contribution in [0.25, 0.3) is 0 Å². The molecule has 1 aromatic carbocycles. The molecule has 2 N–H and O–H groups in total. The molecule has 0 radical (unpaired) electrons. The summed E-state index contributed by atoms with van der Waals surface area (Å²) >= 11 is 0. The molecule has 1 amide bonds. The third kappa shape index (κ3) is 3.08. The molecular weight excluding hydrogens is 272 g/mol. The SMILES string of the molecule is O=C(CC1CCCN1)Nc1c([N+](=O)[O-])ccc(F)c1F. The first-order valence-electron chi connectivity index (χ1n) is 6.14. The third-order valence-corrected chi connectivity index (χ3v) is 3.13. The van der Waals surface area contributed by atoms with Gasteiger partial charge in [0.25, 0.3) is 5.69 Å². The maximum Gasteiger partial charge on any atom is 0.296 e. The van der Waals surface area contributed by atoms with Crippen molar-refractivity contribution in [3.63, 3.8) is 0 Å². The van der Waals surface area contributed by atoms with E-state index in [0.717, 1.165) is 25.5 Å². The van der Waals surface area contributed by atoms with Gasteiger partial charge in [-0.25, -0.2) is 8.78 Å². The molecule has 1 aliphatic rings. The van der Waals surface area contributed by atoms with Gasteiger partial charge in [-0.1, -0.05) is 0 Å². The molecular formula is C12H13F2N3O3. The normalized spacial score (nSPS) is 18.0. The molecule has 0 bridgehead atoms. The largest absolute Gasteiger partial charge is 0.318 e. The quantitative estimate of drug-likeness (QED) is 0.654. The first-order chi connectivity index (χ1) is 9.49. The van der Waals surface area contributed by atoms with Gasteiger partial charge in [-0.05, 0) is 25.5 Å². The van der Waals surface area contributed by atoms with Crippen LogP contribution in [0.3, 0.4) is 0 Å². The van der Waals surface area contributed by atoms with Gasteiger partial charge in [0, 0.05) is 18.5 Å². The van der Waals surface area contributed by atoms with Gasteiger partial charge in [0.1, 0.15) is 0 Å². The number of carbonyl (C=O) groups excluding carboxylic acids is 1. The number of hydrogen-bond donors (Lipinski definition) is 2. The van der Waals surface area contributed by atoms with E-state index in [1.165, 1.54) is 0 Å². The van der Waals surface area contributed by atoms with E-state index < -0.39 is 33.8 Å². The molecule has 8 heteroatoms. The van der Waals surface area contributed by atoms with Crippen LogP contribution in [0.2, 0.25) is 0 Å². The summed E-state index contributed by atoms with van der Waals surface area (Å²) in [6.07, 6.45) is 1.81. The van der Waals surface area contributed by atoms with Crippen molar-refractivity contribution in [2.24, 2.45) is 0 Å². The van der Waals surface area contributed by atoms with Crippen molar-refractivity contribution in [3.8, 4) is 0 Å². The number of carbonyl (C=O) groups is 1. The van der Waals surface area contributed by atoms with E-state index in [1.807, 2.05) is 0 Å². The van der Waals surface area contributed by atoms with E-state index in [1.54, 1.807) is 0 Å². The highest BCUT2D eigenvalue weighted by molar-refractivity contribution is 5.93. The van der Waals surface area contributed by atoms with E-state index >= 15 is 0 Å². The Morgan fingerprint density at radius 3 is 2.85 bits per heavy atom. The molecule has 1 saturated heterocycles. The average molecular weight is 285 g/mol. The third-order valence-electron chi connectivity index (χ3n) is 3.13. The first kappa shape index (κ1) is 14.3. The van der Waals surface area contributed by atoms with Crippen molar-refractivity contribution in [2.45, 2.75) is 25.3 Å². The zero-order valence-corrected chi connectivity index (χ0v) is 10.5. The molecule has 2 rings (SSSR count). The molecule has 20 heavy (non-hydrogen) atoms. The predicted octanol–water partition coefficient (Wildman–Crippen LogP) is 1.95. The van der Waals surface area contributed by atoms with Crippen LogP contribution < -0.4 is 10.6 Å². The number of benzene rings is 1. The zero-order valence-electron chi connectivity index (χ0n) is 10.5. The van der Waals surface area contributed by atoms with Gasteiger partial charge < -0.3 is 10.6 Å². The molecule has 1 heterocycles. The number of nitro groups is 1. The van der Waals surface area contributed by atoms with Crippen LogP contribution in [-0.4, -0.2) is 23.4 Å². The molecule has 6 nitrogen and oxygen atoms in total. The topological polar surface area (TPSA) is 84.3 Å². The van der Waals surface area contributed by atoms with E-state index in [-0.39, 0.29) is 12.5 Å². The Bertz CT molecular complexity index is 545. The van der Waals surface area contributed by atoms with Crippen molar-refractivity contribution in [3.05, 3.63) is 33.9 Å². The lowest BCUT2D eigenvalue weighted by molar-refractivity contribution is -0.384. The summed E-state index contributed by atoms with van der Waals surface area (Å²) in [6.45, 7) is 0.798. The van der Waals surface area contributed by atoms with Gasteiger partial charge in [0.15, 0.2) is 17.3 Å². The second-order valence-corrected chi connectivity index (χ2v) is 4.56. The lowest BCUT2D eigenvalue weighted by atomic mass is 10.1. The Hall–Kier alpha value is -2.09. The Balaban J connectivity index is 2.16. The number of nitrogens with zero attached hydrogens (tertiary/aromatic N) is 1. The fraction of sp³-hybridized carbons (Fsp3) is 0.417. The Morgan fingerprint density at radius 2 is 2.25 bits per heavy atom. The Labute approximate surface area is 113 Å². The number of rotatable bonds is 4. The van der Waals surface area contributed by atoms with Gasteiger partial charge in [-0.2, -0.15) is 0 Å². The molecule has 1 aliphatic heterocycles. The minimum absolute atomic E-state index is 0.0364. The van der Waals surface area contributed by atoms with E-state index in [9.17, 15) is 23.7 Å². The van der Waals surface area contributed by atoms with Crippen LogP contribution in [0.4, 0.5) is 20.2 Å². The number of amides is 1. The van der Waals surface area contributed by atoms with Crippen molar-refractivity contribution in [1.82, 2.24) is 5.32 Å². The van der Waals surface area contributed by atoms with Gasteiger partial charge in [0.2, 0.25) is 5.91 Å². The van der Waals surface area contributed by atoms with Crippen LogP contribution >= 0.6 is 0 Å². The summed E-state index contributed by atoms with van der Waals surface area (Å²) in [4.78, 5) is 21.6. The maximum absolute atomic E-state index is 13.6. The fourth-order valence-corrected chi connectivity index (χ4v) is 2.16. The van der Waals surface area contributed by atoms with Crippen LogP contribution in [-0.2, 0) is 4.79 Å². The second-order valence-electron chi connectivity index (χ2n) is 4.56. The number of nitro benzene ring substituents is 1. The molecule has 0 aromatic heterocycles. The number of nitrogens with one attached hydrogen (secondary N) is 2. The van der Waals surface area contributed by atoms with Crippen LogP contribution in [0.15, 0.2) is 12.1 Å². The van der Waals surface area contributed by atoms with E-state index in [4.69, 9.17) is 0 Å². The van der Waals surface area contributed by atoms with Crippen LogP contribution in [0.1, 0.15) is 19.3 Å². The molecule has 0 saturated carbocycles. The Kier molecular flexibility index (Phi) is 4.23. The van der Waals surface area contributed by atoms with Crippen molar-refractivity contribution < 1.29 is 18.5 Å². The van der Waals surface area contributed by atoms with Crippen LogP contribution in [0, 0.1) is 21.7 Å². The van der Waals surface area contributed by atoms with Crippen molar-refractivity contribution in [2.75, 3.05) is 11.9 Å². The van der Waals surface area contributed by atoms with E-state index in [0.29, 0.717) is 6.07 Å². The summed E-state index contributed by atoms with van der Waals surface area (Å²) in [6, 6.07) is 1.44. The number of hydrogen-bond acceptors (Lipinski definition) is 4. The number of anilines is 1. The van der Waals surface area contributed by atoms with Crippen LogP contribution in [0.5, 0.6) is 0 Å². The minimum Gasteiger partial charge on any atom is -0.318 e. The molecule has 0 aliphatic carbocycles. The van der Waals surface area contributed by atoms with Crippen molar-refractivity contribution in [1.29, 1.82) is 0 Å². The summed E-state index contributed by atoms with van der Waals surface area (Å²) < 4.78 is 26.7. The summed E-state index contributed by atoms with van der Waals surface area (Å²) in [5.74, 6) is -3.26. The molecule has 1 fully saturated rings. The summed E-state index contributed by atoms with van der Waals surface area (Å²) in [5, 5.41) is 15.9. The standard InChI is InChI=1S/C12H13F2N3O3/c13-8-3-4-9(17(19)20)12(11(8)14)16-10(18)6-7-2-1-5-15-7/h3-4,7,15H,1-2,5-6H2,(H,16,18). The molecule has 1 atom stereocenters. The minimum atomic E-state index is -1.42. The van der Waals surface area contributed by atoms with E-state index in [2.05, 4.69) is 10.6 Å². The lowest BCUT2D eigenvalue weighted by Crippen LogP contribution is -2.28.